The van der Waals surface area contributed by atoms with Crippen molar-refractivity contribution in [2.45, 2.75) is 31.4 Å². The molecule has 0 spiro atoms. The number of benzene rings is 1. The summed E-state index contributed by atoms with van der Waals surface area (Å²) in [5.74, 6) is 0.123. The van der Waals surface area contributed by atoms with E-state index in [2.05, 4.69) is 0 Å². The summed E-state index contributed by atoms with van der Waals surface area (Å²) in [5, 5.41) is 0. The van der Waals surface area contributed by atoms with Gasteiger partial charge in [0.25, 0.3) is 0 Å². The lowest BCUT2D eigenvalue weighted by atomic mass is 10.0. The number of rotatable bonds is 4. The quantitative estimate of drug-likeness (QED) is 0.898. The van der Waals surface area contributed by atoms with Gasteiger partial charge in [0.15, 0.2) is 0 Å². The molecule has 19 heavy (non-hydrogen) atoms. The molecule has 4 heteroatoms. The Labute approximate surface area is 114 Å². The number of methoxy groups -OCH3 is 1. The molecule has 2 N–H and O–H groups in total. The van der Waals surface area contributed by atoms with Crippen LogP contribution < -0.4 is 5.73 Å². The van der Waals surface area contributed by atoms with Gasteiger partial charge in [-0.05, 0) is 18.4 Å². The highest BCUT2D eigenvalue weighted by molar-refractivity contribution is 5.77. The van der Waals surface area contributed by atoms with Crippen molar-refractivity contribution in [1.82, 2.24) is 4.90 Å². The van der Waals surface area contributed by atoms with E-state index in [-0.39, 0.29) is 18.1 Å². The van der Waals surface area contributed by atoms with Gasteiger partial charge in [-0.3, -0.25) is 4.79 Å². The number of nitrogens with two attached hydrogens (primary N) is 1. The summed E-state index contributed by atoms with van der Waals surface area (Å²) >= 11 is 0. The van der Waals surface area contributed by atoms with Crippen LogP contribution in [0.4, 0.5) is 0 Å². The number of likely N-dealkylation sites (tertiary alicyclic amines) is 1. The predicted molar refractivity (Wildman–Crippen MR) is 74.6 cm³/mol. The first-order valence-corrected chi connectivity index (χ1v) is 6.82. The molecular formula is C15H22N2O2. The van der Waals surface area contributed by atoms with Crippen molar-refractivity contribution in [2.24, 2.45) is 5.73 Å². The van der Waals surface area contributed by atoms with E-state index in [1.165, 1.54) is 0 Å². The van der Waals surface area contributed by atoms with Gasteiger partial charge in [0.1, 0.15) is 0 Å². The Morgan fingerprint density at radius 1 is 1.47 bits per heavy atom. The number of carbonyl (C=O) groups excluding carboxylic acids is 1. The first-order valence-electron chi connectivity index (χ1n) is 6.82. The molecule has 0 radical (unpaired) electrons. The van der Waals surface area contributed by atoms with E-state index in [1.807, 2.05) is 35.2 Å². The molecule has 1 fully saturated rings. The maximum atomic E-state index is 12.2. The Bertz CT molecular complexity index is 408. The first-order chi connectivity index (χ1) is 9.20. The zero-order valence-electron chi connectivity index (χ0n) is 11.4. The van der Waals surface area contributed by atoms with Crippen molar-refractivity contribution in [2.75, 3.05) is 20.2 Å². The fraction of sp³-hybridized carbons (Fsp3) is 0.533. The van der Waals surface area contributed by atoms with E-state index in [4.69, 9.17) is 10.5 Å². The van der Waals surface area contributed by atoms with Gasteiger partial charge in [-0.15, -0.1) is 0 Å². The molecule has 1 aromatic carbocycles. The van der Waals surface area contributed by atoms with Gasteiger partial charge in [0.05, 0.1) is 6.10 Å². The second kappa shape index (κ2) is 6.68. The van der Waals surface area contributed by atoms with Gasteiger partial charge in [0, 0.05) is 32.7 Å². The minimum absolute atomic E-state index is 0.123. The van der Waals surface area contributed by atoms with E-state index in [0.29, 0.717) is 13.0 Å². The van der Waals surface area contributed by atoms with Crippen LogP contribution in [0.1, 0.15) is 30.9 Å². The monoisotopic (exact) mass is 262 g/mol. The summed E-state index contributed by atoms with van der Waals surface area (Å²) < 4.78 is 5.34. The number of hydrogen-bond acceptors (Lipinski definition) is 3. The van der Waals surface area contributed by atoms with Crippen molar-refractivity contribution in [3.05, 3.63) is 35.9 Å². The summed E-state index contributed by atoms with van der Waals surface area (Å²) in [7, 11) is 1.70. The first kappa shape index (κ1) is 14.0. The number of hydrogen-bond donors (Lipinski definition) is 1. The molecule has 1 aliphatic heterocycles. The lowest BCUT2D eigenvalue weighted by Crippen LogP contribution is -2.43. The van der Waals surface area contributed by atoms with Crippen LogP contribution in [0, 0.1) is 0 Å². The van der Waals surface area contributed by atoms with Crippen LogP contribution in [0.15, 0.2) is 30.3 Å². The maximum absolute atomic E-state index is 12.2. The van der Waals surface area contributed by atoms with Crippen LogP contribution in [0.3, 0.4) is 0 Å². The molecule has 0 bridgehead atoms. The number of carbonyl (C=O) groups is 1. The molecule has 2 atom stereocenters. The Morgan fingerprint density at radius 2 is 2.21 bits per heavy atom. The van der Waals surface area contributed by atoms with E-state index >= 15 is 0 Å². The fourth-order valence-electron chi connectivity index (χ4n) is 2.49. The average molecular weight is 262 g/mol. The second-order valence-corrected chi connectivity index (χ2v) is 5.06. The molecule has 0 saturated carbocycles. The molecule has 1 aliphatic rings. The standard InChI is InChI=1S/C15H22N2O2/c1-19-13-8-5-9-17(11-13)15(18)10-14(16)12-6-3-2-4-7-12/h2-4,6-7,13-14H,5,8-11,16H2,1H3. The van der Waals surface area contributed by atoms with Crippen LogP contribution in [0.5, 0.6) is 0 Å². The Hall–Kier alpha value is -1.39. The normalized spacial score (nSPS) is 21.2. The molecule has 2 unspecified atom stereocenters. The molecule has 1 amide bonds. The zero-order valence-corrected chi connectivity index (χ0v) is 11.4. The third-order valence-corrected chi connectivity index (χ3v) is 3.69. The zero-order chi connectivity index (χ0) is 13.7. The molecule has 2 rings (SSSR count). The van der Waals surface area contributed by atoms with Gasteiger partial charge < -0.3 is 15.4 Å². The molecule has 1 aromatic rings. The summed E-state index contributed by atoms with van der Waals surface area (Å²) in [6.07, 6.45) is 2.57. The van der Waals surface area contributed by atoms with Crippen molar-refractivity contribution in [1.29, 1.82) is 0 Å². The summed E-state index contributed by atoms with van der Waals surface area (Å²) in [6, 6.07) is 9.55. The van der Waals surface area contributed by atoms with E-state index in [1.54, 1.807) is 7.11 Å². The summed E-state index contributed by atoms with van der Waals surface area (Å²) in [6.45, 7) is 1.51. The van der Waals surface area contributed by atoms with Crippen LogP contribution in [-0.4, -0.2) is 37.1 Å². The van der Waals surface area contributed by atoms with Crippen molar-refractivity contribution >= 4 is 5.91 Å². The third kappa shape index (κ3) is 3.78. The highest BCUT2D eigenvalue weighted by Gasteiger charge is 2.24. The minimum atomic E-state index is -0.225. The molecular weight excluding hydrogens is 240 g/mol. The lowest BCUT2D eigenvalue weighted by molar-refractivity contribution is -0.135. The summed E-state index contributed by atoms with van der Waals surface area (Å²) in [4.78, 5) is 14.1. The SMILES string of the molecule is COC1CCCN(C(=O)CC(N)c2ccccc2)C1. The predicted octanol–water partition coefficient (Wildman–Crippen LogP) is 1.71. The smallest absolute Gasteiger partial charge is 0.224 e. The average Bonchev–Trinajstić information content (AvgIpc) is 2.48. The Morgan fingerprint density at radius 3 is 2.89 bits per heavy atom. The van der Waals surface area contributed by atoms with Gasteiger partial charge >= 0.3 is 0 Å². The highest BCUT2D eigenvalue weighted by atomic mass is 16.5. The number of amides is 1. The topological polar surface area (TPSA) is 55.6 Å². The maximum Gasteiger partial charge on any atom is 0.224 e. The molecule has 0 aromatic heterocycles. The van der Waals surface area contributed by atoms with Crippen LogP contribution in [-0.2, 0) is 9.53 Å². The van der Waals surface area contributed by atoms with Crippen molar-refractivity contribution < 1.29 is 9.53 Å². The van der Waals surface area contributed by atoms with Gasteiger partial charge in [-0.25, -0.2) is 0 Å². The second-order valence-electron chi connectivity index (χ2n) is 5.06. The number of ether oxygens (including phenoxy) is 1. The van der Waals surface area contributed by atoms with Gasteiger partial charge in [0.2, 0.25) is 5.91 Å². The molecule has 1 heterocycles. The molecule has 104 valence electrons. The number of nitrogens with zero attached hydrogens (tertiary/aromatic N) is 1. The Kier molecular flexibility index (Phi) is 4.93. The minimum Gasteiger partial charge on any atom is -0.380 e. The van der Waals surface area contributed by atoms with Crippen molar-refractivity contribution in [3.63, 3.8) is 0 Å². The van der Waals surface area contributed by atoms with Gasteiger partial charge in [-0.2, -0.15) is 0 Å². The highest BCUT2D eigenvalue weighted by Crippen LogP contribution is 2.18. The van der Waals surface area contributed by atoms with Crippen LogP contribution in [0.2, 0.25) is 0 Å². The molecule has 1 saturated heterocycles. The molecule has 0 aliphatic carbocycles. The fourth-order valence-corrected chi connectivity index (χ4v) is 2.49. The Balaban J connectivity index is 1.90. The number of piperidine rings is 1. The molecule has 4 nitrogen and oxygen atoms in total. The van der Waals surface area contributed by atoms with E-state index < -0.39 is 0 Å². The van der Waals surface area contributed by atoms with Gasteiger partial charge in [-0.1, -0.05) is 30.3 Å². The van der Waals surface area contributed by atoms with Crippen LogP contribution in [0.25, 0.3) is 0 Å². The lowest BCUT2D eigenvalue weighted by Gasteiger charge is -2.32. The largest absolute Gasteiger partial charge is 0.380 e. The van der Waals surface area contributed by atoms with Crippen LogP contribution >= 0.6 is 0 Å². The van der Waals surface area contributed by atoms with E-state index in [0.717, 1.165) is 24.9 Å². The van der Waals surface area contributed by atoms with Crippen molar-refractivity contribution in [3.8, 4) is 0 Å². The third-order valence-electron chi connectivity index (χ3n) is 3.69. The summed E-state index contributed by atoms with van der Waals surface area (Å²) in [5.41, 5.74) is 7.10. The van der Waals surface area contributed by atoms with E-state index in [9.17, 15) is 4.79 Å².